The van der Waals surface area contributed by atoms with Crippen LogP contribution in [-0.4, -0.2) is 0 Å². The number of benzene rings is 3. The van der Waals surface area contributed by atoms with Gasteiger partial charge in [-0.25, -0.2) is 0 Å². The van der Waals surface area contributed by atoms with E-state index in [9.17, 15) is 0 Å². The minimum absolute atomic E-state index is 0.226. The second-order valence-electron chi connectivity index (χ2n) is 12.9. The Morgan fingerprint density at radius 1 is 0.344 bits per heavy atom. The molecule has 0 fully saturated rings. The van der Waals surface area contributed by atoms with Crippen LogP contribution in [0.1, 0.15) is 97.2 Å². The van der Waals surface area contributed by atoms with Gasteiger partial charge in [-0.2, -0.15) is 0 Å². The zero-order chi connectivity index (χ0) is 24.5. The molecule has 174 valence electrons. The van der Waals surface area contributed by atoms with Gasteiger partial charge < -0.3 is 0 Å². The summed E-state index contributed by atoms with van der Waals surface area (Å²) in [7, 11) is 0. The maximum Gasteiger partial charge on any atom is -0.0108 e. The average Bonchev–Trinajstić information content (AvgIpc) is 2.65. The van der Waals surface area contributed by atoms with Crippen LogP contribution in [0.25, 0.3) is 21.5 Å². The lowest BCUT2D eigenvalue weighted by molar-refractivity contribution is 0.411. The highest BCUT2D eigenvalue weighted by Gasteiger charge is 2.27. The standard InChI is InChI=1S/C32H46/c1-17-18(2)22(6)28-26(16-32(12,13)14)30-24(8)20(4)19(3)23(7)29(30)25(15-31(9,10)11)27(28)21(17)5/h15-16H2,1-14H3. The Labute approximate surface area is 197 Å². The fourth-order valence-electron chi connectivity index (χ4n) is 5.80. The van der Waals surface area contributed by atoms with E-state index in [1.54, 1.807) is 11.1 Å². The normalized spacial score (nSPS) is 12.9. The lowest BCUT2D eigenvalue weighted by Gasteiger charge is -2.31. The van der Waals surface area contributed by atoms with Gasteiger partial charge in [0.05, 0.1) is 0 Å². The molecule has 0 saturated carbocycles. The first-order valence-corrected chi connectivity index (χ1v) is 12.4. The van der Waals surface area contributed by atoms with Crippen LogP contribution in [0.3, 0.4) is 0 Å². The van der Waals surface area contributed by atoms with Crippen molar-refractivity contribution in [2.24, 2.45) is 10.8 Å². The van der Waals surface area contributed by atoms with Crippen molar-refractivity contribution in [3.63, 3.8) is 0 Å². The summed E-state index contributed by atoms with van der Waals surface area (Å²) in [5.74, 6) is 0. The van der Waals surface area contributed by atoms with Crippen LogP contribution in [0.15, 0.2) is 0 Å². The first kappa shape index (κ1) is 24.8. The molecule has 0 amide bonds. The van der Waals surface area contributed by atoms with Crippen LogP contribution in [0, 0.1) is 66.2 Å². The first-order chi connectivity index (χ1) is 14.5. The Bertz CT molecular complexity index is 1060. The van der Waals surface area contributed by atoms with E-state index in [2.05, 4.69) is 96.9 Å². The Hall–Kier alpha value is -1.82. The molecule has 0 atom stereocenters. The number of aryl methyl sites for hydroxylation is 4. The summed E-state index contributed by atoms with van der Waals surface area (Å²) in [6.07, 6.45) is 2.20. The number of hydrogen-bond donors (Lipinski definition) is 0. The van der Waals surface area contributed by atoms with Crippen molar-refractivity contribution in [3.8, 4) is 0 Å². The topological polar surface area (TPSA) is 0 Å². The number of hydrogen-bond acceptors (Lipinski definition) is 0. The molecule has 0 spiro atoms. The van der Waals surface area contributed by atoms with E-state index >= 15 is 0 Å². The van der Waals surface area contributed by atoms with Crippen molar-refractivity contribution < 1.29 is 0 Å². The minimum atomic E-state index is 0.226. The lowest BCUT2D eigenvalue weighted by Crippen LogP contribution is -2.16. The SMILES string of the molecule is Cc1c(C)c(C)c2c(CC(C)(C)C)c3c(C)c(C)c(C)c(C)c3c(CC(C)(C)C)c2c1C. The molecular weight excluding hydrogens is 384 g/mol. The van der Waals surface area contributed by atoms with Gasteiger partial charge in [-0.1, -0.05) is 41.5 Å². The Morgan fingerprint density at radius 3 is 0.688 bits per heavy atom. The van der Waals surface area contributed by atoms with Crippen molar-refractivity contribution in [1.29, 1.82) is 0 Å². The van der Waals surface area contributed by atoms with Gasteiger partial charge in [0, 0.05) is 0 Å². The molecule has 0 nitrogen and oxygen atoms in total. The van der Waals surface area contributed by atoms with Gasteiger partial charge in [0.1, 0.15) is 0 Å². The van der Waals surface area contributed by atoms with Crippen molar-refractivity contribution in [2.75, 3.05) is 0 Å². The molecule has 0 aliphatic rings. The van der Waals surface area contributed by atoms with E-state index in [1.165, 1.54) is 66.1 Å². The third kappa shape index (κ3) is 4.00. The molecule has 0 heterocycles. The molecule has 0 bridgehead atoms. The summed E-state index contributed by atoms with van der Waals surface area (Å²) < 4.78 is 0. The third-order valence-corrected chi connectivity index (χ3v) is 8.00. The largest absolute Gasteiger partial charge is 0.0599 e. The summed E-state index contributed by atoms with van der Waals surface area (Å²) in [5.41, 5.74) is 15.4. The van der Waals surface area contributed by atoms with Crippen LogP contribution in [-0.2, 0) is 12.8 Å². The predicted molar refractivity (Wildman–Crippen MR) is 146 cm³/mol. The Morgan fingerprint density at radius 2 is 0.531 bits per heavy atom. The predicted octanol–water partition coefficient (Wildman–Crippen LogP) is 9.64. The molecule has 3 aromatic rings. The maximum atomic E-state index is 2.39. The highest BCUT2D eigenvalue weighted by Crippen LogP contribution is 2.46. The molecule has 0 radical (unpaired) electrons. The van der Waals surface area contributed by atoms with E-state index in [-0.39, 0.29) is 10.8 Å². The van der Waals surface area contributed by atoms with E-state index < -0.39 is 0 Å². The average molecular weight is 431 g/mol. The smallest absolute Gasteiger partial charge is 0.0108 e. The molecule has 0 N–H and O–H groups in total. The van der Waals surface area contributed by atoms with Gasteiger partial charge in [0.15, 0.2) is 0 Å². The van der Waals surface area contributed by atoms with Gasteiger partial charge in [0.2, 0.25) is 0 Å². The molecule has 0 unspecified atom stereocenters. The second-order valence-corrected chi connectivity index (χ2v) is 12.9. The molecule has 0 aliphatic heterocycles. The molecule has 32 heavy (non-hydrogen) atoms. The first-order valence-electron chi connectivity index (χ1n) is 12.4. The quantitative estimate of drug-likeness (QED) is 0.355. The fraction of sp³-hybridized carbons (Fsp3) is 0.562. The molecule has 0 aliphatic carbocycles. The van der Waals surface area contributed by atoms with Crippen LogP contribution >= 0.6 is 0 Å². The molecule has 0 aromatic heterocycles. The van der Waals surface area contributed by atoms with Gasteiger partial charge in [-0.05, 0) is 156 Å². The Kier molecular flexibility index (Phi) is 6.12. The van der Waals surface area contributed by atoms with Gasteiger partial charge in [0.25, 0.3) is 0 Å². The molecular formula is C32H46. The van der Waals surface area contributed by atoms with E-state index in [0.29, 0.717) is 0 Å². The Balaban J connectivity index is 2.83. The highest BCUT2D eigenvalue weighted by atomic mass is 14.3. The highest BCUT2D eigenvalue weighted by molar-refractivity contribution is 6.11. The van der Waals surface area contributed by atoms with Crippen molar-refractivity contribution in [2.45, 2.75) is 110 Å². The van der Waals surface area contributed by atoms with E-state index in [1.807, 2.05) is 0 Å². The zero-order valence-electron chi connectivity index (χ0n) is 23.4. The van der Waals surface area contributed by atoms with Crippen LogP contribution in [0.2, 0.25) is 0 Å². The van der Waals surface area contributed by atoms with Gasteiger partial charge >= 0.3 is 0 Å². The summed E-state index contributed by atoms with van der Waals surface area (Å²) in [6.45, 7) is 33.1. The third-order valence-electron chi connectivity index (χ3n) is 8.00. The van der Waals surface area contributed by atoms with Crippen molar-refractivity contribution >= 4 is 21.5 Å². The number of rotatable bonds is 2. The van der Waals surface area contributed by atoms with Gasteiger partial charge in [-0.15, -0.1) is 0 Å². The van der Waals surface area contributed by atoms with E-state index in [4.69, 9.17) is 0 Å². The molecule has 3 rings (SSSR count). The second kappa shape index (κ2) is 7.89. The summed E-state index contributed by atoms with van der Waals surface area (Å²) in [4.78, 5) is 0. The molecule has 0 heteroatoms. The number of fused-ring (bicyclic) bond motifs is 2. The summed E-state index contributed by atoms with van der Waals surface area (Å²) in [5, 5.41) is 6.16. The van der Waals surface area contributed by atoms with Crippen molar-refractivity contribution in [3.05, 3.63) is 55.6 Å². The van der Waals surface area contributed by atoms with Gasteiger partial charge in [-0.3, -0.25) is 0 Å². The van der Waals surface area contributed by atoms with Crippen molar-refractivity contribution in [1.82, 2.24) is 0 Å². The molecule has 3 aromatic carbocycles. The summed E-state index contributed by atoms with van der Waals surface area (Å²) in [6, 6.07) is 0. The maximum absolute atomic E-state index is 2.39. The zero-order valence-corrected chi connectivity index (χ0v) is 23.4. The van der Waals surface area contributed by atoms with Crippen LogP contribution in [0.5, 0.6) is 0 Å². The van der Waals surface area contributed by atoms with E-state index in [0.717, 1.165) is 12.8 Å². The minimum Gasteiger partial charge on any atom is -0.0599 e. The fourth-order valence-corrected chi connectivity index (χ4v) is 5.80. The van der Waals surface area contributed by atoms with Crippen LogP contribution in [0.4, 0.5) is 0 Å². The molecule has 0 saturated heterocycles. The summed E-state index contributed by atoms with van der Waals surface area (Å²) >= 11 is 0. The lowest BCUT2D eigenvalue weighted by atomic mass is 9.73. The monoisotopic (exact) mass is 430 g/mol. The van der Waals surface area contributed by atoms with Crippen LogP contribution < -0.4 is 0 Å².